The maximum Gasteiger partial charge on any atom is 0.235 e. The third kappa shape index (κ3) is 3.22. The molecule has 29 heavy (non-hydrogen) atoms. The van der Waals surface area contributed by atoms with E-state index in [0.29, 0.717) is 32.9 Å². The van der Waals surface area contributed by atoms with Crippen LogP contribution < -0.4 is 4.90 Å². The Balaban J connectivity index is 1.62. The molecule has 1 aliphatic rings. The molecule has 0 aliphatic carbocycles. The van der Waals surface area contributed by atoms with Gasteiger partial charge in [0.05, 0.1) is 24.9 Å². The molecule has 150 valence electrons. The smallest absolute Gasteiger partial charge is 0.235 e. The number of hydrogen-bond donors (Lipinski definition) is 2. The summed E-state index contributed by atoms with van der Waals surface area (Å²) in [5.41, 5.74) is 0.600. The second-order valence-corrected chi connectivity index (χ2v) is 8.72. The van der Waals surface area contributed by atoms with Gasteiger partial charge in [-0.15, -0.1) is 5.10 Å². The van der Waals surface area contributed by atoms with E-state index in [1.165, 1.54) is 33.2 Å². The Bertz CT molecular complexity index is 1140. The van der Waals surface area contributed by atoms with Crippen LogP contribution in [-0.4, -0.2) is 32.8 Å². The summed E-state index contributed by atoms with van der Waals surface area (Å²) in [5, 5.41) is 15.4. The first kappa shape index (κ1) is 18.3. The van der Waals surface area contributed by atoms with Crippen molar-refractivity contribution in [2.24, 2.45) is 5.92 Å². The topological polar surface area (TPSA) is 68.0 Å². The van der Waals surface area contributed by atoms with Crippen molar-refractivity contribution < 1.29 is 18.8 Å². The van der Waals surface area contributed by atoms with Gasteiger partial charge in [0.15, 0.2) is 11.8 Å². The van der Waals surface area contributed by atoms with Gasteiger partial charge in [0, 0.05) is 5.92 Å². The van der Waals surface area contributed by atoms with Gasteiger partial charge in [-0.3, -0.25) is 0 Å². The zero-order chi connectivity index (χ0) is 20.0. The fraction of sp³-hybridized carbons (Fsp3) is 0.333. The SMILES string of the molecule is C[C@@H]1CCC[NH+]([C@@H](c2ccccc2F)c2sc3nc(-c4ccco4)nn3c2O)C1. The zero-order valence-corrected chi connectivity index (χ0v) is 16.8. The molecule has 4 aromatic rings. The van der Waals surface area contributed by atoms with E-state index < -0.39 is 0 Å². The van der Waals surface area contributed by atoms with Crippen LogP contribution >= 0.6 is 11.3 Å². The van der Waals surface area contributed by atoms with Crippen LogP contribution in [0.25, 0.3) is 16.5 Å². The monoisotopic (exact) mass is 413 g/mol. The van der Waals surface area contributed by atoms with Crippen LogP contribution in [0.3, 0.4) is 0 Å². The number of halogens is 1. The van der Waals surface area contributed by atoms with Crippen LogP contribution in [0.1, 0.15) is 36.2 Å². The maximum absolute atomic E-state index is 14.8. The van der Waals surface area contributed by atoms with E-state index in [4.69, 9.17) is 4.42 Å². The molecule has 1 aliphatic heterocycles. The highest BCUT2D eigenvalue weighted by atomic mass is 32.1. The van der Waals surface area contributed by atoms with Gasteiger partial charge in [-0.2, -0.15) is 9.50 Å². The maximum atomic E-state index is 14.8. The molecule has 0 radical (unpaired) electrons. The summed E-state index contributed by atoms with van der Waals surface area (Å²) < 4.78 is 21.6. The molecule has 1 saturated heterocycles. The van der Waals surface area contributed by atoms with Crippen LogP contribution in [0.5, 0.6) is 5.88 Å². The molecule has 1 fully saturated rings. The lowest BCUT2D eigenvalue weighted by Crippen LogP contribution is -3.13. The first-order chi connectivity index (χ1) is 14.1. The lowest BCUT2D eigenvalue weighted by Gasteiger charge is -2.34. The Kier molecular flexibility index (Phi) is 4.60. The zero-order valence-electron chi connectivity index (χ0n) is 16.0. The summed E-state index contributed by atoms with van der Waals surface area (Å²) in [6.07, 6.45) is 3.83. The Morgan fingerprint density at radius 3 is 2.90 bits per heavy atom. The lowest BCUT2D eigenvalue weighted by atomic mass is 9.95. The highest BCUT2D eigenvalue weighted by Crippen LogP contribution is 2.37. The van der Waals surface area contributed by atoms with Crippen molar-refractivity contribution in [1.82, 2.24) is 14.6 Å². The fourth-order valence-electron chi connectivity index (χ4n) is 4.30. The number of rotatable bonds is 4. The minimum Gasteiger partial charge on any atom is -0.492 e. The van der Waals surface area contributed by atoms with Crippen molar-refractivity contribution in [2.45, 2.75) is 25.8 Å². The minimum atomic E-state index is -0.292. The number of aromatic hydroxyl groups is 1. The number of thiazole rings is 1. The highest BCUT2D eigenvalue weighted by molar-refractivity contribution is 7.17. The van der Waals surface area contributed by atoms with Gasteiger partial charge in [0.25, 0.3) is 0 Å². The number of likely N-dealkylation sites (tertiary alicyclic amines) is 1. The molecule has 0 spiro atoms. The van der Waals surface area contributed by atoms with Crippen molar-refractivity contribution >= 4 is 16.3 Å². The van der Waals surface area contributed by atoms with Crippen molar-refractivity contribution in [3.05, 3.63) is 58.9 Å². The van der Waals surface area contributed by atoms with Gasteiger partial charge in [-0.25, -0.2) is 4.39 Å². The van der Waals surface area contributed by atoms with Crippen LogP contribution in [0.4, 0.5) is 4.39 Å². The number of hydrogen-bond acceptors (Lipinski definition) is 5. The normalized spacial score (nSPS) is 20.9. The number of aromatic nitrogens is 3. The Morgan fingerprint density at radius 1 is 1.31 bits per heavy atom. The predicted molar refractivity (Wildman–Crippen MR) is 108 cm³/mol. The van der Waals surface area contributed by atoms with Gasteiger partial charge in [0.1, 0.15) is 10.7 Å². The summed E-state index contributed by atoms with van der Waals surface area (Å²) in [6.45, 7) is 4.10. The average Bonchev–Trinajstić information content (AvgIpc) is 3.43. The predicted octanol–water partition coefficient (Wildman–Crippen LogP) is 3.30. The first-order valence-corrected chi connectivity index (χ1v) is 10.6. The van der Waals surface area contributed by atoms with Crippen LogP contribution in [0.2, 0.25) is 0 Å². The second-order valence-electron chi connectivity index (χ2n) is 7.71. The molecule has 3 aromatic heterocycles. The fourth-order valence-corrected chi connectivity index (χ4v) is 5.43. The third-order valence-corrected chi connectivity index (χ3v) is 6.72. The van der Waals surface area contributed by atoms with Gasteiger partial charge in [-0.05, 0) is 37.1 Å². The molecule has 4 heterocycles. The second kappa shape index (κ2) is 7.27. The minimum absolute atomic E-state index is 0.0225. The molecular weight excluding hydrogens is 391 g/mol. The molecule has 0 saturated carbocycles. The number of fused-ring (bicyclic) bond motifs is 1. The van der Waals surface area contributed by atoms with Gasteiger partial charge in [0.2, 0.25) is 16.7 Å². The highest BCUT2D eigenvalue weighted by Gasteiger charge is 2.36. The molecule has 8 heteroatoms. The molecule has 1 unspecified atom stereocenters. The molecule has 1 aromatic carbocycles. The first-order valence-electron chi connectivity index (χ1n) is 9.83. The third-order valence-electron chi connectivity index (χ3n) is 5.63. The Labute approximate surface area is 171 Å². The van der Waals surface area contributed by atoms with Gasteiger partial charge in [-0.1, -0.05) is 30.4 Å². The molecule has 5 rings (SSSR count). The van der Waals surface area contributed by atoms with E-state index in [1.54, 1.807) is 24.5 Å². The summed E-state index contributed by atoms with van der Waals surface area (Å²) in [6, 6.07) is 10.1. The lowest BCUT2D eigenvalue weighted by molar-refractivity contribution is -0.933. The number of nitrogens with zero attached hydrogens (tertiary/aromatic N) is 3. The van der Waals surface area contributed by atoms with Crippen LogP contribution in [0, 0.1) is 11.7 Å². The molecule has 3 atom stereocenters. The molecule has 6 nitrogen and oxygen atoms in total. The average molecular weight is 413 g/mol. The van der Waals surface area contributed by atoms with Gasteiger partial charge < -0.3 is 14.4 Å². The molecular formula is C21H22FN4O2S+. The van der Waals surface area contributed by atoms with E-state index in [1.807, 2.05) is 12.1 Å². The number of nitrogens with one attached hydrogen (secondary N) is 1. The quantitative estimate of drug-likeness (QED) is 0.539. The van der Waals surface area contributed by atoms with Crippen molar-refractivity contribution in [2.75, 3.05) is 13.1 Å². The number of piperidine rings is 1. The van der Waals surface area contributed by atoms with E-state index in [-0.39, 0.29) is 17.7 Å². The number of furan rings is 1. The van der Waals surface area contributed by atoms with Gasteiger partial charge >= 0.3 is 0 Å². The summed E-state index contributed by atoms with van der Waals surface area (Å²) >= 11 is 1.36. The van der Waals surface area contributed by atoms with Crippen molar-refractivity contribution in [3.8, 4) is 17.5 Å². The summed E-state index contributed by atoms with van der Waals surface area (Å²) in [7, 11) is 0. The number of quaternary nitrogens is 1. The Morgan fingerprint density at radius 2 is 2.17 bits per heavy atom. The largest absolute Gasteiger partial charge is 0.492 e. The summed E-state index contributed by atoms with van der Waals surface area (Å²) in [5.74, 6) is 1.29. The molecule has 0 bridgehead atoms. The summed E-state index contributed by atoms with van der Waals surface area (Å²) in [4.78, 5) is 7.03. The standard InChI is InChI=1S/C21H21FN4O2S/c1-13-6-4-10-25(12-13)17(14-7-2-3-8-15(14)22)18-20(27)26-21(29-18)23-19(24-26)16-9-5-11-28-16/h2-3,5,7-9,11,13,17,27H,4,6,10,12H2,1H3/p+1/t13-,17+/m1/s1. The molecule has 0 amide bonds. The number of benzene rings is 1. The van der Waals surface area contributed by atoms with E-state index in [9.17, 15) is 9.50 Å². The van der Waals surface area contributed by atoms with E-state index in [0.717, 1.165) is 19.5 Å². The van der Waals surface area contributed by atoms with Crippen LogP contribution in [0.15, 0.2) is 47.1 Å². The van der Waals surface area contributed by atoms with E-state index >= 15 is 0 Å². The van der Waals surface area contributed by atoms with Crippen molar-refractivity contribution in [1.29, 1.82) is 0 Å². The van der Waals surface area contributed by atoms with Crippen molar-refractivity contribution in [3.63, 3.8) is 0 Å². The Hall–Kier alpha value is -2.71. The molecule has 2 N–H and O–H groups in total. The van der Waals surface area contributed by atoms with E-state index in [2.05, 4.69) is 17.0 Å². The van der Waals surface area contributed by atoms with Crippen LogP contribution in [-0.2, 0) is 0 Å².